The summed E-state index contributed by atoms with van der Waals surface area (Å²) in [6, 6.07) is 6.10. The molecule has 0 saturated heterocycles. The first kappa shape index (κ1) is 12.5. The highest BCUT2D eigenvalue weighted by atomic mass is 16.5. The van der Waals surface area contributed by atoms with Crippen LogP contribution in [0.5, 0.6) is 5.75 Å². The molecule has 0 aliphatic heterocycles. The van der Waals surface area contributed by atoms with Crippen LogP contribution in [-0.2, 0) is 6.54 Å². The Morgan fingerprint density at radius 2 is 2.31 bits per heavy atom. The first-order chi connectivity index (χ1) is 7.65. The van der Waals surface area contributed by atoms with Gasteiger partial charge in [0.2, 0.25) is 0 Å². The molecule has 0 aromatic carbocycles. The summed E-state index contributed by atoms with van der Waals surface area (Å²) in [5.74, 6) is 0.817. The summed E-state index contributed by atoms with van der Waals surface area (Å²) < 4.78 is 5.17. The summed E-state index contributed by atoms with van der Waals surface area (Å²) in [4.78, 5) is 4.39. The fourth-order valence-corrected chi connectivity index (χ4v) is 1.40. The number of nitriles is 1. The first-order valence-electron chi connectivity index (χ1n) is 5.27. The highest BCUT2D eigenvalue weighted by molar-refractivity contribution is 5.26. The van der Waals surface area contributed by atoms with Crippen molar-refractivity contribution in [3.05, 3.63) is 23.5 Å². The first-order valence-corrected chi connectivity index (χ1v) is 5.27. The van der Waals surface area contributed by atoms with Gasteiger partial charge >= 0.3 is 0 Å². The molecule has 1 aromatic heterocycles. The molecular formula is C12H17N3O. The minimum absolute atomic E-state index is 0.179. The fourth-order valence-electron chi connectivity index (χ4n) is 1.40. The zero-order valence-corrected chi connectivity index (χ0v) is 9.95. The molecule has 0 radical (unpaired) electrons. The summed E-state index contributed by atoms with van der Waals surface area (Å²) in [6.45, 7) is 4.57. The van der Waals surface area contributed by atoms with Gasteiger partial charge in [-0.2, -0.15) is 5.26 Å². The number of hydrogen-bond donors (Lipinski definition) is 1. The fraction of sp³-hybridized carbons (Fsp3) is 0.500. The second kappa shape index (κ2) is 6.09. The van der Waals surface area contributed by atoms with Crippen molar-refractivity contribution in [2.24, 2.45) is 0 Å². The molecule has 86 valence electrons. The van der Waals surface area contributed by atoms with E-state index in [2.05, 4.69) is 16.4 Å². The highest BCUT2D eigenvalue weighted by Gasteiger charge is 2.03. The number of aromatic nitrogens is 1. The third-order valence-corrected chi connectivity index (χ3v) is 2.24. The maximum absolute atomic E-state index is 8.53. The Balaban J connectivity index is 2.60. The number of methoxy groups -OCH3 is 1. The van der Waals surface area contributed by atoms with Crippen LogP contribution in [0.1, 0.15) is 24.7 Å². The molecule has 0 aliphatic rings. The third-order valence-electron chi connectivity index (χ3n) is 2.24. The molecule has 1 aromatic rings. The predicted octanol–water partition coefficient (Wildman–Crippen LogP) is 1.79. The Morgan fingerprint density at radius 1 is 1.56 bits per heavy atom. The van der Waals surface area contributed by atoms with Crippen LogP contribution in [0.25, 0.3) is 0 Å². The summed E-state index contributed by atoms with van der Waals surface area (Å²) in [5.41, 5.74) is 1.87. The molecule has 1 rings (SSSR count). The van der Waals surface area contributed by atoms with Crippen molar-refractivity contribution in [1.29, 1.82) is 5.26 Å². The summed E-state index contributed by atoms with van der Waals surface area (Å²) >= 11 is 0. The number of pyridine rings is 1. The van der Waals surface area contributed by atoms with Crippen molar-refractivity contribution in [3.63, 3.8) is 0 Å². The van der Waals surface area contributed by atoms with Gasteiger partial charge in [0.1, 0.15) is 5.75 Å². The van der Waals surface area contributed by atoms with Crippen molar-refractivity contribution < 1.29 is 4.74 Å². The largest absolute Gasteiger partial charge is 0.497 e. The van der Waals surface area contributed by atoms with E-state index in [1.807, 2.05) is 26.0 Å². The summed E-state index contributed by atoms with van der Waals surface area (Å²) in [7, 11) is 1.64. The van der Waals surface area contributed by atoms with Crippen molar-refractivity contribution >= 4 is 0 Å². The van der Waals surface area contributed by atoms with E-state index in [1.54, 1.807) is 7.11 Å². The van der Waals surface area contributed by atoms with Gasteiger partial charge in [-0.1, -0.05) is 0 Å². The van der Waals surface area contributed by atoms with Gasteiger partial charge < -0.3 is 10.1 Å². The molecule has 1 unspecified atom stereocenters. The van der Waals surface area contributed by atoms with Gasteiger partial charge in [-0.25, -0.2) is 0 Å². The topological polar surface area (TPSA) is 57.9 Å². The molecular weight excluding hydrogens is 202 g/mol. The van der Waals surface area contributed by atoms with E-state index in [9.17, 15) is 0 Å². The number of nitrogens with one attached hydrogen (secondary N) is 1. The van der Waals surface area contributed by atoms with E-state index in [1.165, 1.54) is 0 Å². The van der Waals surface area contributed by atoms with Gasteiger partial charge in [0.05, 0.1) is 25.3 Å². The molecule has 1 N–H and O–H groups in total. The Bertz CT molecular complexity index is 384. The molecule has 0 saturated carbocycles. The van der Waals surface area contributed by atoms with E-state index in [0.717, 1.165) is 17.1 Å². The molecule has 1 atom stereocenters. The van der Waals surface area contributed by atoms with Crippen LogP contribution < -0.4 is 10.1 Å². The molecule has 0 bridgehead atoms. The minimum atomic E-state index is 0.179. The summed E-state index contributed by atoms with van der Waals surface area (Å²) in [6.07, 6.45) is 0.503. The molecule has 4 nitrogen and oxygen atoms in total. The zero-order valence-electron chi connectivity index (χ0n) is 9.95. The normalized spacial score (nSPS) is 11.9. The number of nitrogens with zero attached hydrogens (tertiary/aromatic N) is 2. The lowest BCUT2D eigenvalue weighted by atomic mass is 10.2. The molecule has 0 amide bonds. The maximum Gasteiger partial charge on any atom is 0.122 e. The van der Waals surface area contributed by atoms with Gasteiger partial charge in [-0.15, -0.1) is 0 Å². The van der Waals surface area contributed by atoms with Crippen LogP contribution in [0.3, 0.4) is 0 Å². The van der Waals surface area contributed by atoms with Crippen molar-refractivity contribution in [2.75, 3.05) is 7.11 Å². The standard InChI is InChI=1S/C12H17N3O/c1-9(4-5-13)14-8-11-7-12(16-3)6-10(2)15-11/h6-7,9,14H,4,8H2,1-3H3. The smallest absolute Gasteiger partial charge is 0.122 e. The zero-order chi connectivity index (χ0) is 12.0. The van der Waals surface area contributed by atoms with Gasteiger partial charge in [-0.3, -0.25) is 4.98 Å². The average Bonchev–Trinajstić information content (AvgIpc) is 2.26. The lowest BCUT2D eigenvalue weighted by Gasteiger charge is -2.11. The van der Waals surface area contributed by atoms with E-state index >= 15 is 0 Å². The van der Waals surface area contributed by atoms with E-state index in [4.69, 9.17) is 10.00 Å². The second-order valence-corrected chi connectivity index (χ2v) is 3.78. The number of aryl methyl sites for hydroxylation is 1. The Morgan fingerprint density at radius 3 is 2.94 bits per heavy atom. The SMILES string of the molecule is COc1cc(C)nc(CNC(C)CC#N)c1. The molecule has 0 aliphatic carbocycles. The van der Waals surface area contributed by atoms with Crippen LogP contribution in [0.4, 0.5) is 0 Å². The van der Waals surface area contributed by atoms with Gasteiger partial charge in [0, 0.05) is 30.4 Å². The molecule has 0 spiro atoms. The Kier molecular flexibility index (Phi) is 4.74. The molecule has 0 fully saturated rings. The number of hydrogen-bond acceptors (Lipinski definition) is 4. The van der Waals surface area contributed by atoms with Gasteiger partial charge in [0.25, 0.3) is 0 Å². The quantitative estimate of drug-likeness (QED) is 0.820. The van der Waals surface area contributed by atoms with E-state index in [-0.39, 0.29) is 6.04 Å². The highest BCUT2D eigenvalue weighted by Crippen LogP contribution is 2.13. The maximum atomic E-state index is 8.53. The van der Waals surface area contributed by atoms with Gasteiger partial charge in [0.15, 0.2) is 0 Å². The molecule has 4 heteroatoms. The van der Waals surface area contributed by atoms with Crippen LogP contribution >= 0.6 is 0 Å². The van der Waals surface area contributed by atoms with Crippen LogP contribution in [0.2, 0.25) is 0 Å². The van der Waals surface area contributed by atoms with Crippen molar-refractivity contribution in [3.8, 4) is 11.8 Å². The van der Waals surface area contributed by atoms with E-state index in [0.29, 0.717) is 13.0 Å². The molecule has 16 heavy (non-hydrogen) atoms. The van der Waals surface area contributed by atoms with Crippen molar-refractivity contribution in [1.82, 2.24) is 10.3 Å². The molecule has 1 heterocycles. The van der Waals surface area contributed by atoms with Gasteiger partial charge in [-0.05, 0) is 13.8 Å². The number of rotatable bonds is 5. The average molecular weight is 219 g/mol. The van der Waals surface area contributed by atoms with Crippen LogP contribution in [-0.4, -0.2) is 18.1 Å². The van der Waals surface area contributed by atoms with Crippen LogP contribution in [0.15, 0.2) is 12.1 Å². The lowest BCUT2D eigenvalue weighted by Crippen LogP contribution is -2.25. The monoisotopic (exact) mass is 219 g/mol. The third kappa shape index (κ3) is 3.87. The summed E-state index contributed by atoms with van der Waals surface area (Å²) in [5, 5.41) is 11.8. The van der Waals surface area contributed by atoms with Crippen molar-refractivity contribution in [2.45, 2.75) is 32.9 Å². The Hall–Kier alpha value is -1.60. The van der Waals surface area contributed by atoms with E-state index < -0.39 is 0 Å². The predicted molar refractivity (Wildman–Crippen MR) is 62.1 cm³/mol. The Labute approximate surface area is 96.3 Å². The second-order valence-electron chi connectivity index (χ2n) is 3.78. The minimum Gasteiger partial charge on any atom is -0.497 e. The number of ether oxygens (including phenoxy) is 1. The lowest BCUT2D eigenvalue weighted by molar-refractivity contribution is 0.412. The van der Waals surface area contributed by atoms with Crippen LogP contribution in [0, 0.1) is 18.3 Å².